The van der Waals surface area contributed by atoms with E-state index in [9.17, 15) is 19.6 Å². The highest BCUT2D eigenvalue weighted by atomic mass is 16.6. The summed E-state index contributed by atoms with van der Waals surface area (Å²) in [4.78, 5) is 41.2. The second-order valence-electron chi connectivity index (χ2n) is 8.22. The Hall–Kier alpha value is -2.91. The van der Waals surface area contributed by atoms with Crippen LogP contribution < -0.4 is 10.8 Å². The van der Waals surface area contributed by atoms with Crippen LogP contribution in [0.25, 0.3) is 5.57 Å². The van der Waals surface area contributed by atoms with Gasteiger partial charge in [0.25, 0.3) is 0 Å². The predicted octanol–water partition coefficient (Wildman–Crippen LogP) is 0.997. The van der Waals surface area contributed by atoms with Crippen molar-refractivity contribution >= 4 is 23.5 Å². The van der Waals surface area contributed by atoms with Gasteiger partial charge in [-0.15, -0.1) is 0 Å². The molecule has 0 saturated carbocycles. The molecule has 3 amide bonds. The van der Waals surface area contributed by atoms with Crippen molar-refractivity contribution in [2.45, 2.75) is 31.4 Å². The van der Waals surface area contributed by atoms with Crippen LogP contribution in [0.5, 0.6) is 0 Å². The summed E-state index contributed by atoms with van der Waals surface area (Å²) in [6.07, 6.45) is 3.15. The summed E-state index contributed by atoms with van der Waals surface area (Å²) in [5.41, 5.74) is 3.78. The van der Waals surface area contributed by atoms with Crippen LogP contribution in [0.15, 0.2) is 36.4 Å². The van der Waals surface area contributed by atoms with Gasteiger partial charge in [-0.05, 0) is 30.4 Å². The van der Waals surface area contributed by atoms with Gasteiger partial charge in [0.05, 0.1) is 12.0 Å². The summed E-state index contributed by atoms with van der Waals surface area (Å²) in [7, 11) is 0. The molecule has 1 aromatic carbocycles. The first kappa shape index (κ1) is 21.3. The van der Waals surface area contributed by atoms with E-state index in [1.54, 1.807) is 15.3 Å². The summed E-state index contributed by atoms with van der Waals surface area (Å²) < 4.78 is 5.56. The second-order valence-corrected chi connectivity index (χ2v) is 8.22. The van der Waals surface area contributed by atoms with Crippen molar-refractivity contribution in [2.75, 3.05) is 32.7 Å². The van der Waals surface area contributed by atoms with E-state index in [2.05, 4.69) is 5.32 Å². The highest BCUT2D eigenvalue weighted by molar-refractivity contribution is 5.92. The number of ether oxygens (including phenoxy) is 1. The maximum absolute atomic E-state index is 13.2. The summed E-state index contributed by atoms with van der Waals surface area (Å²) in [6.45, 7) is 2.54. The average molecular weight is 428 g/mol. The number of likely N-dealkylation sites (tertiary alicyclic amines) is 1. The molecule has 3 N–H and O–H groups in total. The van der Waals surface area contributed by atoms with E-state index in [-0.39, 0.29) is 18.9 Å². The van der Waals surface area contributed by atoms with E-state index in [1.807, 2.05) is 36.4 Å². The quantitative estimate of drug-likeness (QED) is 0.487. The van der Waals surface area contributed by atoms with Crippen molar-refractivity contribution < 1.29 is 24.3 Å². The van der Waals surface area contributed by atoms with Gasteiger partial charge in [-0.25, -0.2) is 10.3 Å². The van der Waals surface area contributed by atoms with Gasteiger partial charge in [-0.2, -0.15) is 0 Å². The maximum atomic E-state index is 13.2. The molecular formula is C22H28N4O5. The number of hydrogen-bond acceptors (Lipinski definition) is 6. The number of nitrogens with zero attached hydrogens (tertiary/aromatic N) is 2. The van der Waals surface area contributed by atoms with E-state index in [0.29, 0.717) is 26.2 Å². The fourth-order valence-electron chi connectivity index (χ4n) is 4.49. The normalized spacial score (nSPS) is 25.8. The Bertz CT molecular complexity index is 853. The van der Waals surface area contributed by atoms with Gasteiger partial charge in [0, 0.05) is 32.7 Å². The number of hydrogen-bond donors (Lipinski definition) is 3. The first-order valence-electron chi connectivity index (χ1n) is 10.7. The minimum absolute atomic E-state index is 0.169. The van der Waals surface area contributed by atoms with Gasteiger partial charge >= 0.3 is 6.09 Å². The van der Waals surface area contributed by atoms with Crippen LogP contribution in [0, 0.1) is 5.92 Å². The average Bonchev–Trinajstić information content (AvgIpc) is 3.51. The van der Waals surface area contributed by atoms with Crippen molar-refractivity contribution in [2.24, 2.45) is 5.92 Å². The van der Waals surface area contributed by atoms with E-state index >= 15 is 0 Å². The minimum Gasteiger partial charge on any atom is -0.445 e. The lowest BCUT2D eigenvalue weighted by molar-refractivity contribution is -0.144. The second kappa shape index (κ2) is 9.49. The molecule has 0 spiro atoms. The van der Waals surface area contributed by atoms with Crippen LogP contribution in [0.1, 0.15) is 24.8 Å². The zero-order valence-electron chi connectivity index (χ0n) is 17.3. The highest BCUT2D eigenvalue weighted by Crippen LogP contribution is 2.26. The zero-order chi connectivity index (χ0) is 21.8. The molecule has 31 heavy (non-hydrogen) atoms. The van der Waals surface area contributed by atoms with Crippen LogP contribution in [-0.2, 0) is 14.3 Å². The number of piperidine rings is 1. The summed E-state index contributed by atoms with van der Waals surface area (Å²) in [6, 6.07) is 9.06. The Morgan fingerprint density at radius 3 is 2.55 bits per heavy atom. The molecule has 3 atom stereocenters. The number of benzene rings is 1. The van der Waals surface area contributed by atoms with E-state index in [0.717, 1.165) is 24.0 Å². The smallest absolute Gasteiger partial charge is 0.410 e. The molecule has 3 unspecified atom stereocenters. The molecule has 0 bridgehead atoms. The summed E-state index contributed by atoms with van der Waals surface area (Å²) in [5, 5.41) is 12.3. The zero-order valence-corrected chi connectivity index (χ0v) is 17.3. The standard InChI is InChI=1S/C22H28N4O5/c27-20(24-30)18-12-17(31-22(29)25-9-4-5-10-25)13-23-19(18)21(28)26-11-8-16(14-26)15-6-2-1-3-7-15/h1-3,6-8,17-19,23,30H,4-5,9-14H2,(H,24,27). The van der Waals surface area contributed by atoms with Gasteiger partial charge in [-0.3, -0.25) is 14.8 Å². The Labute approximate surface area is 181 Å². The lowest BCUT2D eigenvalue weighted by Gasteiger charge is -2.36. The molecule has 2 saturated heterocycles. The van der Waals surface area contributed by atoms with Crippen LogP contribution >= 0.6 is 0 Å². The molecule has 0 radical (unpaired) electrons. The van der Waals surface area contributed by atoms with E-state index in [4.69, 9.17) is 4.74 Å². The lowest BCUT2D eigenvalue weighted by Crippen LogP contribution is -2.60. The van der Waals surface area contributed by atoms with Crippen LogP contribution in [0.2, 0.25) is 0 Å². The number of carbonyl (C=O) groups is 3. The Kier molecular flexibility index (Phi) is 6.53. The molecular weight excluding hydrogens is 400 g/mol. The fraction of sp³-hybridized carbons (Fsp3) is 0.500. The van der Waals surface area contributed by atoms with Gasteiger partial charge < -0.3 is 19.9 Å². The largest absolute Gasteiger partial charge is 0.445 e. The van der Waals surface area contributed by atoms with Crippen LogP contribution in [-0.4, -0.2) is 77.8 Å². The van der Waals surface area contributed by atoms with E-state index < -0.39 is 30.1 Å². The molecule has 3 heterocycles. The van der Waals surface area contributed by atoms with Crippen molar-refractivity contribution in [3.8, 4) is 0 Å². The number of rotatable bonds is 4. The molecule has 0 aromatic heterocycles. The first-order valence-corrected chi connectivity index (χ1v) is 10.7. The number of nitrogens with one attached hydrogen (secondary N) is 2. The molecule has 2 fully saturated rings. The number of hydroxylamine groups is 1. The highest BCUT2D eigenvalue weighted by Gasteiger charge is 2.43. The van der Waals surface area contributed by atoms with Gasteiger partial charge in [-0.1, -0.05) is 36.4 Å². The van der Waals surface area contributed by atoms with Gasteiger partial charge in [0.2, 0.25) is 11.8 Å². The number of amides is 3. The Balaban J connectivity index is 1.39. The minimum atomic E-state index is -0.844. The molecule has 3 aliphatic rings. The molecule has 4 rings (SSSR count). The topological polar surface area (TPSA) is 111 Å². The lowest BCUT2D eigenvalue weighted by atomic mass is 9.87. The van der Waals surface area contributed by atoms with Crippen LogP contribution in [0.4, 0.5) is 4.79 Å². The Morgan fingerprint density at radius 2 is 1.84 bits per heavy atom. The first-order chi connectivity index (χ1) is 15.1. The molecule has 9 nitrogen and oxygen atoms in total. The molecule has 9 heteroatoms. The predicted molar refractivity (Wildman–Crippen MR) is 112 cm³/mol. The molecule has 3 aliphatic heterocycles. The third kappa shape index (κ3) is 4.72. The summed E-state index contributed by atoms with van der Waals surface area (Å²) >= 11 is 0. The third-order valence-electron chi connectivity index (χ3n) is 6.20. The van der Waals surface area contributed by atoms with Gasteiger partial charge in [0.15, 0.2) is 0 Å². The molecule has 0 aliphatic carbocycles. The van der Waals surface area contributed by atoms with E-state index in [1.165, 1.54) is 0 Å². The van der Waals surface area contributed by atoms with Crippen molar-refractivity contribution in [1.29, 1.82) is 0 Å². The molecule has 1 aromatic rings. The van der Waals surface area contributed by atoms with Crippen molar-refractivity contribution in [3.05, 3.63) is 42.0 Å². The number of carbonyl (C=O) groups excluding carboxylic acids is 3. The SMILES string of the molecule is O=C(NO)C1CC(OC(=O)N2CCCC2)CNC1C(=O)N1CC=C(c2ccccc2)C1. The van der Waals surface area contributed by atoms with Crippen molar-refractivity contribution in [1.82, 2.24) is 20.6 Å². The third-order valence-corrected chi connectivity index (χ3v) is 6.20. The van der Waals surface area contributed by atoms with Crippen LogP contribution in [0.3, 0.4) is 0 Å². The maximum Gasteiger partial charge on any atom is 0.410 e. The fourth-order valence-corrected chi connectivity index (χ4v) is 4.49. The summed E-state index contributed by atoms with van der Waals surface area (Å²) in [5.74, 6) is -1.72. The monoisotopic (exact) mass is 428 g/mol. The molecule has 166 valence electrons. The van der Waals surface area contributed by atoms with Crippen molar-refractivity contribution in [3.63, 3.8) is 0 Å². The Morgan fingerprint density at radius 1 is 1.10 bits per heavy atom. The van der Waals surface area contributed by atoms with Gasteiger partial charge in [0.1, 0.15) is 6.10 Å².